The molecule has 0 bridgehead atoms. The minimum atomic E-state index is -0.0616. The molecule has 0 saturated carbocycles. The lowest BCUT2D eigenvalue weighted by atomic mass is 10.1. The number of rotatable bonds is 2. The highest BCUT2D eigenvalue weighted by Gasteiger charge is 2.27. The molecule has 1 saturated heterocycles. The Morgan fingerprint density at radius 3 is 2.78 bits per heavy atom. The van der Waals surface area contributed by atoms with Crippen molar-refractivity contribution in [2.24, 2.45) is 11.7 Å². The minimum absolute atomic E-state index is 0. The van der Waals surface area contributed by atoms with Crippen LogP contribution in [-0.2, 0) is 0 Å². The van der Waals surface area contributed by atoms with E-state index in [1.165, 1.54) is 0 Å². The Kier molecular flexibility index (Phi) is 5.73. The van der Waals surface area contributed by atoms with Gasteiger partial charge in [-0.25, -0.2) is 0 Å². The van der Waals surface area contributed by atoms with Crippen LogP contribution >= 0.6 is 35.6 Å². The lowest BCUT2D eigenvalue weighted by Crippen LogP contribution is -2.30. The van der Waals surface area contributed by atoms with Gasteiger partial charge in [0.15, 0.2) is 0 Å². The summed E-state index contributed by atoms with van der Waals surface area (Å²) in [5.41, 5.74) is 6.07. The van der Waals surface area contributed by atoms with Crippen LogP contribution in [0.25, 0.3) is 0 Å². The third-order valence-electron chi connectivity index (χ3n) is 3.09. The Morgan fingerprint density at radius 1 is 1.44 bits per heavy atom. The Labute approximate surface area is 123 Å². The largest absolute Gasteiger partial charge is 0.338 e. The molecule has 1 atom stereocenters. The fourth-order valence-electron chi connectivity index (χ4n) is 2.05. The minimum Gasteiger partial charge on any atom is -0.338 e. The quantitative estimate of drug-likeness (QED) is 0.913. The standard InChI is InChI=1S/C12H14Cl2N2O.ClH/c13-10-3-1-2-9(11(10)14)12(17)16-5-4-8(6-15)7-16;/h1-3,8H,4-7,15H2;1H. The molecule has 0 spiro atoms. The summed E-state index contributed by atoms with van der Waals surface area (Å²) in [5, 5.41) is 0.738. The van der Waals surface area contributed by atoms with Gasteiger partial charge in [0.25, 0.3) is 5.91 Å². The molecule has 0 aliphatic carbocycles. The molecule has 1 aliphatic heterocycles. The topological polar surface area (TPSA) is 46.3 Å². The van der Waals surface area contributed by atoms with Crippen LogP contribution in [0.3, 0.4) is 0 Å². The lowest BCUT2D eigenvalue weighted by molar-refractivity contribution is 0.0788. The van der Waals surface area contributed by atoms with Gasteiger partial charge in [0.1, 0.15) is 0 Å². The van der Waals surface area contributed by atoms with Crippen LogP contribution in [0, 0.1) is 5.92 Å². The second kappa shape index (κ2) is 6.62. The van der Waals surface area contributed by atoms with Crippen molar-refractivity contribution in [2.45, 2.75) is 6.42 Å². The summed E-state index contributed by atoms with van der Waals surface area (Å²) in [7, 11) is 0. The zero-order chi connectivity index (χ0) is 12.4. The van der Waals surface area contributed by atoms with E-state index in [-0.39, 0.29) is 18.3 Å². The molecule has 0 aromatic heterocycles. The fourth-order valence-corrected chi connectivity index (χ4v) is 2.43. The summed E-state index contributed by atoms with van der Waals surface area (Å²) in [6.07, 6.45) is 0.959. The maximum absolute atomic E-state index is 12.2. The van der Waals surface area contributed by atoms with E-state index in [0.29, 0.717) is 34.6 Å². The molecule has 1 aliphatic rings. The van der Waals surface area contributed by atoms with E-state index in [4.69, 9.17) is 28.9 Å². The molecule has 18 heavy (non-hydrogen) atoms. The Balaban J connectivity index is 0.00000162. The van der Waals surface area contributed by atoms with E-state index < -0.39 is 0 Å². The molecule has 1 aromatic rings. The summed E-state index contributed by atoms with van der Waals surface area (Å²) in [6, 6.07) is 5.11. The number of hydrogen-bond acceptors (Lipinski definition) is 2. The number of likely N-dealkylation sites (tertiary alicyclic amines) is 1. The van der Waals surface area contributed by atoms with Crippen LogP contribution in [0.2, 0.25) is 10.0 Å². The molecular weight excluding hydrogens is 295 g/mol. The molecule has 2 N–H and O–H groups in total. The van der Waals surface area contributed by atoms with Gasteiger partial charge in [-0.15, -0.1) is 12.4 Å². The van der Waals surface area contributed by atoms with Gasteiger partial charge in [-0.3, -0.25) is 4.79 Å². The third kappa shape index (κ3) is 3.09. The summed E-state index contributed by atoms with van der Waals surface area (Å²) in [6.45, 7) is 2.06. The van der Waals surface area contributed by atoms with Crippen LogP contribution in [0.15, 0.2) is 18.2 Å². The van der Waals surface area contributed by atoms with Crippen LogP contribution in [-0.4, -0.2) is 30.4 Å². The van der Waals surface area contributed by atoms with E-state index in [2.05, 4.69) is 0 Å². The van der Waals surface area contributed by atoms with Crippen molar-refractivity contribution in [1.29, 1.82) is 0 Å². The van der Waals surface area contributed by atoms with E-state index in [1.807, 2.05) is 0 Å². The van der Waals surface area contributed by atoms with Crippen molar-refractivity contribution in [2.75, 3.05) is 19.6 Å². The molecule has 3 nitrogen and oxygen atoms in total. The van der Waals surface area contributed by atoms with Gasteiger partial charge in [0.05, 0.1) is 15.6 Å². The number of nitrogens with two attached hydrogens (primary N) is 1. The van der Waals surface area contributed by atoms with E-state index in [0.717, 1.165) is 13.0 Å². The monoisotopic (exact) mass is 308 g/mol. The summed E-state index contributed by atoms with van der Waals surface area (Å²) in [4.78, 5) is 14.0. The number of hydrogen-bond donors (Lipinski definition) is 1. The normalized spacial score (nSPS) is 18.6. The highest BCUT2D eigenvalue weighted by molar-refractivity contribution is 6.43. The van der Waals surface area contributed by atoms with Gasteiger partial charge >= 0.3 is 0 Å². The third-order valence-corrected chi connectivity index (χ3v) is 3.91. The molecule has 1 unspecified atom stereocenters. The smallest absolute Gasteiger partial charge is 0.255 e. The number of nitrogens with zero attached hydrogens (tertiary/aromatic N) is 1. The SMILES string of the molecule is Cl.NCC1CCN(C(=O)c2cccc(Cl)c2Cl)C1. The predicted octanol–water partition coefficient (Wildman–Crippen LogP) is 2.84. The van der Waals surface area contributed by atoms with Crippen molar-refractivity contribution in [3.05, 3.63) is 33.8 Å². The van der Waals surface area contributed by atoms with E-state index in [1.54, 1.807) is 23.1 Å². The molecule has 1 amide bonds. The summed E-state index contributed by atoms with van der Waals surface area (Å²) < 4.78 is 0. The fraction of sp³-hybridized carbons (Fsp3) is 0.417. The zero-order valence-corrected chi connectivity index (χ0v) is 12.1. The average Bonchev–Trinajstić information content (AvgIpc) is 2.80. The number of halogens is 3. The molecule has 100 valence electrons. The Morgan fingerprint density at radius 2 is 2.17 bits per heavy atom. The van der Waals surface area contributed by atoms with Gasteiger partial charge < -0.3 is 10.6 Å². The van der Waals surface area contributed by atoms with Crippen LogP contribution in [0.4, 0.5) is 0 Å². The van der Waals surface area contributed by atoms with Gasteiger partial charge in [-0.1, -0.05) is 29.3 Å². The van der Waals surface area contributed by atoms with Gasteiger partial charge in [-0.05, 0) is 31.0 Å². The van der Waals surface area contributed by atoms with Crippen LogP contribution < -0.4 is 5.73 Å². The first-order chi connectivity index (χ1) is 8.13. The van der Waals surface area contributed by atoms with Crippen molar-refractivity contribution in [3.8, 4) is 0 Å². The molecule has 1 aromatic carbocycles. The number of carbonyl (C=O) groups is 1. The molecule has 1 fully saturated rings. The van der Waals surface area contributed by atoms with E-state index in [9.17, 15) is 4.79 Å². The maximum atomic E-state index is 12.2. The van der Waals surface area contributed by atoms with Gasteiger partial charge in [-0.2, -0.15) is 0 Å². The Hall–Kier alpha value is -0.480. The van der Waals surface area contributed by atoms with Crippen LogP contribution in [0.5, 0.6) is 0 Å². The van der Waals surface area contributed by atoms with Crippen molar-refractivity contribution < 1.29 is 4.79 Å². The second-order valence-electron chi connectivity index (χ2n) is 4.24. The highest BCUT2D eigenvalue weighted by atomic mass is 35.5. The van der Waals surface area contributed by atoms with Crippen molar-refractivity contribution >= 4 is 41.5 Å². The molecular formula is C12H15Cl3N2O. The first-order valence-electron chi connectivity index (χ1n) is 5.57. The maximum Gasteiger partial charge on any atom is 0.255 e. The van der Waals surface area contributed by atoms with Crippen LogP contribution in [0.1, 0.15) is 16.8 Å². The molecule has 6 heteroatoms. The average molecular weight is 310 g/mol. The lowest BCUT2D eigenvalue weighted by Gasteiger charge is -2.17. The molecule has 0 radical (unpaired) electrons. The Bertz CT molecular complexity index is 439. The first-order valence-corrected chi connectivity index (χ1v) is 6.32. The highest BCUT2D eigenvalue weighted by Crippen LogP contribution is 2.28. The van der Waals surface area contributed by atoms with Gasteiger partial charge in [0.2, 0.25) is 0 Å². The molecule has 2 rings (SSSR count). The summed E-state index contributed by atoms with van der Waals surface area (Å²) in [5.74, 6) is 0.338. The number of benzene rings is 1. The summed E-state index contributed by atoms with van der Waals surface area (Å²) >= 11 is 11.9. The molecule has 1 heterocycles. The number of amides is 1. The van der Waals surface area contributed by atoms with Crippen molar-refractivity contribution in [3.63, 3.8) is 0 Å². The first kappa shape index (κ1) is 15.6. The second-order valence-corrected chi connectivity index (χ2v) is 5.03. The van der Waals surface area contributed by atoms with E-state index >= 15 is 0 Å². The van der Waals surface area contributed by atoms with Crippen molar-refractivity contribution in [1.82, 2.24) is 4.90 Å². The predicted molar refractivity (Wildman–Crippen MR) is 76.8 cm³/mol. The van der Waals surface area contributed by atoms with Gasteiger partial charge in [0, 0.05) is 13.1 Å². The number of carbonyl (C=O) groups excluding carboxylic acids is 1. The zero-order valence-electron chi connectivity index (χ0n) is 9.73.